The van der Waals surface area contributed by atoms with Crippen molar-refractivity contribution in [1.82, 2.24) is 10.6 Å². The Morgan fingerprint density at radius 3 is 2.50 bits per heavy atom. The Bertz CT molecular complexity index is 590. The molecule has 1 aliphatic heterocycles. The van der Waals surface area contributed by atoms with Crippen molar-refractivity contribution in [3.05, 3.63) is 29.8 Å². The Labute approximate surface area is 141 Å². The second-order valence-electron chi connectivity index (χ2n) is 6.46. The monoisotopic (exact) mass is 332 g/mol. The third-order valence-corrected chi connectivity index (χ3v) is 4.75. The summed E-state index contributed by atoms with van der Waals surface area (Å²) in [5, 5.41) is 5.76. The predicted molar refractivity (Wildman–Crippen MR) is 88.5 cm³/mol. The normalized spacial score (nSPS) is 21.1. The van der Waals surface area contributed by atoms with Crippen LogP contribution in [0.15, 0.2) is 24.3 Å². The fourth-order valence-corrected chi connectivity index (χ4v) is 2.96. The SMILES string of the molecule is COc1ccc(CNC(=O)C2(C(=O)NCC3CCCO3)CC2)cc1. The molecule has 1 unspecified atom stereocenters. The van der Waals surface area contributed by atoms with Crippen molar-refractivity contribution >= 4 is 11.8 Å². The van der Waals surface area contributed by atoms with Gasteiger partial charge in [0.25, 0.3) is 0 Å². The molecule has 2 fully saturated rings. The van der Waals surface area contributed by atoms with Gasteiger partial charge in [-0.2, -0.15) is 0 Å². The molecule has 1 atom stereocenters. The first-order valence-electron chi connectivity index (χ1n) is 8.45. The summed E-state index contributed by atoms with van der Waals surface area (Å²) in [6.45, 7) is 1.66. The van der Waals surface area contributed by atoms with Gasteiger partial charge in [-0.25, -0.2) is 0 Å². The van der Waals surface area contributed by atoms with E-state index in [0.29, 0.717) is 25.9 Å². The Morgan fingerprint density at radius 2 is 1.92 bits per heavy atom. The molecule has 6 nitrogen and oxygen atoms in total. The first-order chi connectivity index (χ1) is 11.6. The van der Waals surface area contributed by atoms with Crippen molar-refractivity contribution in [2.45, 2.75) is 38.3 Å². The quantitative estimate of drug-likeness (QED) is 0.740. The molecule has 2 aliphatic rings. The fraction of sp³-hybridized carbons (Fsp3) is 0.556. The Kier molecular flexibility index (Phi) is 5.04. The van der Waals surface area contributed by atoms with Gasteiger partial charge < -0.3 is 20.1 Å². The van der Waals surface area contributed by atoms with Gasteiger partial charge >= 0.3 is 0 Å². The number of hydrogen-bond donors (Lipinski definition) is 2. The summed E-state index contributed by atoms with van der Waals surface area (Å²) in [5.41, 5.74) is 0.0881. The van der Waals surface area contributed by atoms with Gasteiger partial charge in [0, 0.05) is 19.7 Å². The maximum Gasteiger partial charge on any atom is 0.235 e. The summed E-state index contributed by atoms with van der Waals surface area (Å²) < 4.78 is 10.6. The highest BCUT2D eigenvalue weighted by Crippen LogP contribution is 2.46. The van der Waals surface area contributed by atoms with E-state index in [-0.39, 0.29) is 17.9 Å². The summed E-state index contributed by atoms with van der Waals surface area (Å²) in [6.07, 6.45) is 3.31. The standard InChI is InChI=1S/C18H24N2O4/c1-23-14-6-4-13(5-7-14)11-19-16(21)18(8-9-18)17(22)20-12-15-3-2-10-24-15/h4-7,15H,2-3,8-12H2,1H3,(H,19,21)(H,20,22). The lowest BCUT2D eigenvalue weighted by Crippen LogP contribution is -2.44. The number of amides is 2. The Balaban J connectivity index is 1.48. The molecule has 1 aromatic carbocycles. The molecule has 1 aromatic rings. The van der Waals surface area contributed by atoms with Crippen LogP contribution in [0.5, 0.6) is 5.75 Å². The van der Waals surface area contributed by atoms with E-state index in [4.69, 9.17) is 9.47 Å². The van der Waals surface area contributed by atoms with Gasteiger partial charge in [-0.15, -0.1) is 0 Å². The average molecular weight is 332 g/mol. The van der Waals surface area contributed by atoms with Crippen LogP contribution in [0.2, 0.25) is 0 Å². The fourth-order valence-electron chi connectivity index (χ4n) is 2.96. The molecule has 2 amide bonds. The maximum atomic E-state index is 12.4. The molecule has 1 saturated carbocycles. The molecule has 1 aliphatic carbocycles. The van der Waals surface area contributed by atoms with Gasteiger partial charge in [-0.1, -0.05) is 12.1 Å². The van der Waals surface area contributed by atoms with Gasteiger partial charge in [-0.05, 0) is 43.4 Å². The lowest BCUT2D eigenvalue weighted by atomic mass is 10.0. The molecule has 24 heavy (non-hydrogen) atoms. The number of carbonyl (C=O) groups excluding carboxylic acids is 2. The minimum absolute atomic E-state index is 0.0899. The topological polar surface area (TPSA) is 76.7 Å². The largest absolute Gasteiger partial charge is 0.497 e. The van der Waals surface area contributed by atoms with Gasteiger partial charge in [0.1, 0.15) is 11.2 Å². The molecule has 1 saturated heterocycles. The summed E-state index contributed by atoms with van der Waals surface area (Å²) >= 11 is 0. The van der Waals surface area contributed by atoms with E-state index in [1.165, 1.54) is 0 Å². The molecule has 6 heteroatoms. The van der Waals surface area contributed by atoms with Crippen molar-refractivity contribution < 1.29 is 19.1 Å². The van der Waals surface area contributed by atoms with Crippen LogP contribution in [-0.2, 0) is 20.9 Å². The van der Waals surface area contributed by atoms with E-state index < -0.39 is 5.41 Å². The van der Waals surface area contributed by atoms with Crippen LogP contribution in [0.4, 0.5) is 0 Å². The van der Waals surface area contributed by atoms with E-state index in [0.717, 1.165) is 30.8 Å². The zero-order valence-electron chi connectivity index (χ0n) is 14.0. The van der Waals surface area contributed by atoms with Gasteiger partial charge in [0.05, 0.1) is 13.2 Å². The van der Waals surface area contributed by atoms with E-state index in [1.54, 1.807) is 7.11 Å². The minimum atomic E-state index is -0.884. The van der Waals surface area contributed by atoms with Gasteiger partial charge in [-0.3, -0.25) is 9.59 Å². The second-order valence-corrected chi connectivity index (χ2v) is 6.46. The highest BCUT2D eigenvalue weighted by Gasteiger charge is 2.56. The predicted octanol–water partition coefficient (Wildman–Crippen LogP) is 1.39. The maximum absolute atomic E-state index is 12.4. The molecule has 2 N–H and O–H groups in total. The van der Waals surface area contributed by atoms with Crippen LogP contribution >= 0.6 is 0 Å². The zero-order chi connectivity index (χ0) is 17.0. The number of rotatable bonds is 7. The van der Waals surface area contributed by atoms with Crippen molar-refractivity contribution in [3.8, 4) is 5.75 Å². The zero-order valence-corrected chi connectivity index (χ0v) is 14.0. The number of nitrogens with one attached hydrogen (secondary N) is 2. The Hall–Kier alpha value is -2.08. The molecule has 0 spiro atoms. The van der Waals surface area contributed by atoms with Crippen molar-refractivity contribution in [1.29, 1.82) is 0 Å². The summed E-state index contributed by atoms with van der Waals surface area (Å²) in [5.74, 6) is 0.408. The van der Waals surface area contributed by atoms with Gasteiger partial charge in [0.2, 0.25) is 11.8 Å². The molecular weight excluding hydrogens is 308 g/mol. The second kappa shape index (κ2) is 7.21. The van der Waals surface area contributed by atoms with Crippen molar-refractivity contribution in [3.63, 3.8) is 0 Å². The summed E-state index contributed by atoms with van der Waals surface area (Å²) in [6, 6.07) is 7.50. The smallest absolute Gasteiger partial charge is 0.235 e. The number of hydrogen-bond acceptors (Lipinski definition) is 4. The number of methoxy groups -OCH3 is 1. The van der Waals surface area contributed by atoms with Crippen molar-refractivity contribution in [2.24, 2.45) is 5.41 Å². The summed E-state index contributed by atoms with van der Waals surface area (Å²) in [7, 11) is 1.61. The average Bonchev–Trinajstić information content (AvgIpc) is 3.27. The first kappa shape index (κ1) is 16.8. The first-order valence-corrected chi connectivity index (χ1v) is 8.45. The van der Waals surface area contributed by atoms with Crippen LogP contribution in [0.1, 0.15) is 31.2 Å². The van der Waals surface area contributed by atoms with Crippen LogP contribution in [0.3, 0.4) is 0 Å². The molecule has 130 valence electrons. The highest BCUT2D eigenvalue weighted by molar-refractivity contribution is 6.07. The molecule has 0 aromatic heterocycles. The third-order valence-electron chi connectivity index (χ3n) is 4.75. The number of benzene rings is 1. The molecular formula is C18H24N2O4. The van der Waals surface area contributed by atoms with E-state index in [9.17, 15) is 9.59 Å². The van der Waals surface area contributed by atoms with Crippen molar-refractivity contribution in [2.75, 3.05) is 20.3 Å². The molecule has 1 heterocycles. The van der Waals surface area contributed by atoms with E-state index in [1.807, 2.05) is 24.3 Å². The third kappa shape index (κ3) is 3.70. The van der Waals surface area contributed by atoms with Crippen LogP contribution in [-0.4, -0.2) is 38.2 Å². The van der Waals surface area contributed by atoms with Gasteiger partial charge in [0.15, 0.2) is 0 Å². The Morgan fingerprint density at radius 1 is 1.21 bits per heavy atom. The van der Waals surface area contributed by atoms with Crippen LogP contribution in [0, 0.1) is 5.41 Å². The lowest BCUT2D eigenvalue weighted by molar-refractivity contribution is -0.137. The number of ether oxygens (including phenoxy) is 2. The van der Waals surface area contributed by atoms with Crippen LogP contribution in [0.25, 0.3) is 0 Å². The highest BCUT2D eigenvalue weighted by atomic mass is 16.5. The van der Waals surface area contributed by atoms with Crippen LogP contribution < -0.4 is 15.4 Å². The van der Waals surface area contributed by atoms with E-state index >= 15 is 0 Å². The minimum Gasteiger partial charge on any atom is -0.497 e. The van der Waals surface area contributed by atoms with E-state index in [2.05, 4.69) is 10.6 Å². The molecule has 0 bridgehead atoms. The number of carbonyl (C=O) groups is 2. The molecule has 0 radical (unpaired) electrons. The summed E-state index contributed by atoms with van der Waals surface area (Å²) in [4.78, 5) is 24.8. The lowest BCUT2D eigenvalue weighted by Gasteiger charge is -2.17. The molecule has 3 rings (SSSR count).